The van der Waals surface area contributed by atoms with Crippen molar-refractivity contribution in [2.24, 2.45) is 0 Å². The van der Waals surface area contributed by atoms with Crippen molar-refractivity contribution in [3.63, 3.8) is 0 Å². The third-order valence-corrected chi connectivity index (χ3v) is 3.29. The molecule has 1 heterocycles. The molecular formula is C13H17N3O5. The first-order valence-electron chi connectivity index (χ1n) is 6.63. The van der Waals surface area contributed by atoms with Gasteiger partial charge >= 0.3 is 5.97 Å². The molecule has 2 N–H and O–H groups in total. The fraction of sp³-hybridized carbons (Fsp3) is 0.462. The Kier molecular flexibility index (Phi) is 5.07. The largest absolute Gasteiger partial charge is 0.477 e. The number of carboxylic acid groups (broad SMARTS) is 1. The Morgan fingerprint density at radius 2 is 2.14 bits per heavy atom. The maximum Gasteiger partial charge on any atom is 0.342 e. The lowest BCUT2D eigenvalue weighted by Crippen LogP contribution is -2.39. The third-order valence-electron chi connectivity index (χ3n) is 3.29. The number of hydrogen-bond acceptors (Lipinski definition) is 6. The number of nitro benzene ring substituents is 1. The molecule has 0 radical (unpaired) electrons. The highest BCUT2D eigenvalue weighted by Crippen LogP contribution is 2.23. The summed E-state index contributed by atoms with van der Waals surface area (Å²) in [6, 6.07) is 4.04. The van der Waals surface area contributed by atoms with Gasteiger partial charge in [0.2, 0.25) is 0 Å². The van der Waals surface area contributed by atoms with Gasteiger partial charge in [0.05, 0.1) is 18.1 Å². The van der Waals surface area contributed by atoms with Crippen LogP contribution in [-0.2, 0) is 4.74 Å². The number of nitro groups is 1. The zero-order valence-corrected chi connectivity index (χ0v) is 11.4. The molecule has 1 aromatic rings. The Morgan fingerprint density at radius 1 is 1.43 bits per heavy atom. The van der Waals surface area contributed by atoms with Crippen LogP contribution in [-0.4, -0.2) is 60.3 Å². The molecule has 21 heavy (non-hydrogen) atoms. The van der Waals surface area contributed by atoms with Crippen LogP contribution in [0.4, 0.5) is 11.4 Å². The minimum Gasteiger partial charge on any atom is -0.477 e. The van der Waals surface area contributed by atoms with Gasteiger partial charge in [0.1, 0.15) is 5.56 Å². The lowest BCUT2D eigenvalue weighted by atomic mass is 10.1. The number of anilines is 1. The Labute approximate surface area is 121 Å². The van der Waals surface area contributed by atoms with E-state index in [1.807, 2.05) is 0 Å². The van der Waals surface area contributed by atoms with Gasteiger partial charge in [-0.15, -0.1) is 0 Å². The van der Waals surface area contributed by atoms with Gasteiger partial charge in [-0.05, 0) is 12.1 Å². The molecule has 8 nitrogen and oxygen atoms in total. The second-order valence-electron chi connectivity index (χ2n) is 4.67. The average molecular weight is 295 g/mol. The highest BCUT2D eigenvalue weighted by atomic mass is 16.6. The average Bonchev–Trinajstić information content (AvgIpc) is 2.48. The monoisotopic (exact) mass is 295 g/mol. The third kappa shape index (κ3) is 4.14. The number of rotatable bonds is 6. The number of benzene rings is 1. The fourth-order valence-corrected chi connectivity index (χ4v) is 2.16. The van der Waals surface area contributed by atoms with Crippen molar-refractivity contribution in [1.29, 1.82) is 0 Å². The van der Waals surface area contributed by atoms with Crippen LogP contribution in [0.2, 0.25) is 0 Å². The summed E-state index contributed by atoms with van der Waals surface area (Å²) in [5.74, 6) is -1.30. The molecule has 0 atom stereocenters. The molecule has 0 bridgehead atoms. The van der Waals surface area contributed by atoms with Crippen molar-refractivity contribution in [2.75, 3.05) is 44.7 Å². The minimum absolute atomic E-state index is 0.307. The highest BCUT2D eigenvalue weighted by Gasteiger charge is 2.20. The van der Waals surface area contributed by atoms with Crippen molar-refractivity contribution < 1.29 is 19.6 Å². The summed E-state index contributed by atoms with van der Waals surface area (Å²) in [6.07, 6.45) is 0. The summed E-state index contributed by atoms with van der Waals surface area (Å²) >= 11 is 0. The quantitative estimate of drug-likeness (QED) is 0.596. The van der Waals surface area contributed by atoms with Gasteiger partial charge < -0.3 is 15.2 Å². The zero-order valence-electron chi connectivity index (χ0n) is 11.4. The zero-order chi connectivity index (χ0) is 15.2. The first kappa shape index (κ1) is 15.2. The van der Waals surface area contributed by atoms with Gasteiger partial charge in [0, 0.05) is 37.9 Å². The van der Waals surface area contributed by atoms with E-state index in [4.69, 9.17) is 9.84 Å². The van der Waals surface area contributed by atoms with Gasteiger partial charge in [-0.3, -0.25) is 15.0 Å². The van der Waals surface area contributed by atoms with Crippen LogP contribution < -0.4 is 5.32 Å². The lowest BCUT2D eigenvalue weighted by Gasteiger charge is -2.26. The molecule has 2 rings (SSSR count). The maximum absolute atomic E-state index is 10.9. The van der Waals surface area contributed by atoms with E-state index in [2.05, 4.69) is 10.2 Å². The number of morpholine rings is 1. The van der Waals surface area contributed by atoms with Crippen molar-refractivity contribution in [3.05, 3.63) is 33.9 Å². The van der Waals surface area contributed by atoms with Crippen LogP contribution in [0.3, 0.4) is 0 Å². The maximum atomic E-state index is 10.9. The number of ether oxygens (including phenoxy) is 1. The van der Waals surface area contributed by atoms with E-state index in [1.165, 1.54) is 18.2 Å². The predicted molar refractivity (Wildman–Crippen MR) is 75.8 cm³/mol. The Morgan fingerprint density at radius 3 is 2.76 bits per heavy atom. The second kappa shape index (κ2) is 7.00. The summed E-state index contributed by atoms with van der Waals surface area (Å²) in [4.78, 5) is 23.4. The molecule has 114 valence electrons. The predicted octanol–water partition coefficient (Wildman–Crippen LogP) is 1.04. The topological polar surface area (TPSA) is 105 Å². The van der Waals surface area contributed by atoms with Crippen LogP contribution in [0, 0.1) is 10.1 Å². The highest BCUT2D eigenvalue weighted by molar-refractivity contribution is 5.93. The van der Waals surface area contributed by atoms with Gasteiger partial charge in [-0.1, -0.05) is 0 Å². The van der Waals surface area contributed by atoms with E-state index in [0.29, 0.717) is 12.2 Å². The number of carbonyl (C=O) groups is 1. The van der Waals surface area contributed by atoms with Crippen molar-refractivity contribution in [2.45, 2.75) is 0 Å². The summed E-state index contributed by atoms with van der Waals surface area (Å²) in [5, 5.41) is 22.9. The Bertz CT molecular complexity index is 529. The number of nitrogens with one attached hydrogen (secondary N) is 1. The summed E-state index contributed by atoms with van der Waals surface area (Å²) in [7, 11) is 0. The number of hydrogen-bond donors (Lipinski definition) is 2. The van der Waals surface area contributed by atoms with Crippen LogP contribution in [0.1, 0.15) is 10.4 Å². The van der Waals surface area contributed by atoms with Crippen LogP contribution in [0.25, 0.3) is 0 Å². The van der Waals surface area contributed by atoms with Crippen LogP contribution in [0.5, 0.6) is 0 Å². The number of aromatic carboxylic acids is 1. The molecular weight excluding hydrogens is 278 g/mol. The molecule has 0 spiro atoms. The van der Waals surface area contributed by atoms with Crippen LogP contribution in [0.15, 0.2) is 18.2 Å². The summed E-state index contributed by atoms with van der Waals surface area (Å²) in [5.41, 5.74) is -0.169. The molecule has 1 fully saturated rings. The van der Waals surface area contributed by atoms with E-state index in [0.717, 1.165) is 32.8 Å². The van der Waals surface area contributed by atoms with Crippen molar-refractivity contribution in [3.8, 4) is 0 Å². The molecule has 0 saturated carbocycles. The van der Waals surface area contributed by atoms with E-state index in [9.17, 15) is 14.9 Å². The summed E-state index contributed by atoms with van der Waals surface area (Å²) < 4.78 is 5.25. The lowest BCUT2D eigenvalue weighted by molar-refractivity contribution is -0.385. The van der Waals surface area contributed by atoms with E-state index >= 15 is 0 Å². The standard InChI is InChI=1S/C13H17N3O5/c17-13(18)11-2-1-10(9-12(11)16(19)20)14-3-4-15-5-7-21-8-6-15/h1-2,9,14H,3-8H2,(H,17,18). The van der Waals surface area contributed by atoms with Crippen molar-refractivity contribution >= 4 is 17.3 Å². The van der Waals surface area contributed by atoms with E-state index < -0.39 is 16.6 Å². The smallest absolute Gasteiger partial charge is 0.342 e. The molecule has 0 amide bonds. The Hall–Kier alpha value is -2.19. The molecule has 1 saturated heterocycles. The Balaban J connectivity index is 1.95. The normalized spacial score (nSPS) is 15.6. The molecule has 8 heteroatoms. The number of nitrogens with zero attached hydrogens (tertiary/aromatic N) is 2. The molecule has 0 unspecified atom stereocenters. The van der Waals surface area contributed by atoms with Gasteiger partial charge in [-0.2, -0.15) is 0 Å². The van der Waals surface area contributed by atoms with Crippen molar-refractivity contribution in [1.82, 2.24) is 4.90 Å². The molecule has 0 aromatic heterocycles. The first-order valence-corrected chi connectivity index (χ1v) is 6.63. The molecule has 1 aliphatic heterocycles. The van der Waals surface area contributed by atoms with Crippen LogP contribution >= 0.6 is 0 Å². The second-order valence-corrected chi connectivity index (χ2v) is 4.67. The molecule has 1 aromatic carbocycles. The first-order chi connectivity index (χ1) is 10.1. The fourth-order valence-electron chi connectivity index (χ4n) is 2.16. The SMILES string of the molecule is O=C(O)c1ccc(NCCN2CCOCC2)cc1[N+](=O)[O-]. The minimum atomic E-state index is -1.30. The van der Waals surface area contributed by atoms with Gasteiger partial charge in [0.25, 0.3) is 5.69 Å². The molecule has 0 aliphatic carbocycles. The van der Waals surface area contributed by atoms with E-state index in [1.54, 1.807) is 0 Å². The van der Waals surface area contributed by atoms with Gasteiger partial charge in [-0.25, -0.2) is 4.79 Å². The van der Waals surface area contributed by atoms with Gasteiger partial charge in [0.15, 0.2) is 0 Å². The summed E-state index contributed by atoms with van der Waals surface area (Å²) in [6.45, 7) is 4.62. The van der Waals surface area contributed by atoms with E-state index in [-0.39, 0.29) is 5.56 Å². The number of carboxylic acids is 1. The molecule has 1 aliphatic rings.